The lowest BCUT2D eigenvalue weighted by molar-refractivity contribution is 0.0949. The fourth-order valence-electron chi connectivity index (χ4n) is 2.92. The molecule has 1 aliphatic rings. The quantitative estimate of drug-likeness (QED) is 0.678. The fraction of sp³-hybridized carbons (Fsp3) is 0.333. The summed E-state index contributed by atoms with van der Waals surface area (Å²) in [5, 5.41) is 9.25. The smallest absolute Gasteiger partial charge is 0.271 e. The molecule has 0 saturated heterocycles. The van der Waals surface area contributed by atoms with Gasteiger partial charge in [-0.2, -0.15) is 0 Å². The molecule has 27 heavy (non-hydrogen) atoms. The summed E-state index contributed by atoms with van der Waals surface area (Å²) in [4.78, 5) is 25.5. The summed E-state index contributed by atoms with van der Waals surface area (Å²) in [5.41, 5.74) is 2.49. The molecule has 0 unspecified atom stereocenters. The Hall–Kier alpha value is -2.29. The molecule has 0 aromatic carbocycles. The van der Waals surface area contributed by atoms with E-state index in [4.69, 9.17) is 0 Å². The molecule has 3 aromatic rings. The Morgan fingerprint density at radius 1 is 1.33 bits per heavy atom. The molecule has 1 amide bonds. The predicted molar refractivity (Wildman–Crippen MR) is 107 cm³/mol. The number of nitrogens with one attached hydrogen (secondary N) is 2. The van der Waals surface area contributed by atoms with Crippen molar-refractivity contribution >= 4 is 29.7 Å². The topological polar surface area (TPSA) is 84.7 Å². The number of halogens is 1. The van der Waals surface area contributed by atoms with Crippen molar-refractivity contribution in [2.45, 2.75) is 19.4 Å². The van der Waals surface area contributed by atoms with E-state index in [2.05, 4.69) is 30.2 Å². The maximum Gasteiger partial charge on any atom is 0.271 e. The van der Waals surface area contributed by atoms with Crippen LogP contribution in [-0.4, -0.2) is 45.1 Å². The molecule has 0 aliphatic carbocycles. The van der Waals surface area contributed by atoms with Crippen LogP contribution in [0.3, 0.4) is 0 Å². The number of hydrogen-bond acceptors (Lipinski definition) is 6. The normalized spacial score (nSPS) is 13.3. The van der Waals surface area contributed by atoms with Gasteiger partial charge in [-0.1, -0.05) is 0 Å². The first-order valence-corrected chi connectivity index (χ1v) is 9.57. The van der Waals surface area contributed by atoms with Gasteiger partial charge in [-0.15, -0.1) is 23.7 Å². The van der Waals surface area contributed by atoms with E-state index < -0.39 is 0 Å². The number of rotatable bonds is 5. The van der Waals surface area contributed by atoms with Crippen molar-refractivity contribution in [1.82, 2.24) is 30.2 Å². The van der Waals surface area contributed by atoms with E-state index in [0.717, 1.165) is 48.1 Å². The number of carbonyl (C=O) groups excluding carboxylic acids is 1. The zero-order valence-corrected chi connectivity index (χ0v) is 16.4. The molecule has 0 atom stereocenters. The molecule has 4 rings (SSSR count). The van der Waals surface area contributed by atoms with Gasteiger partial charge in [-0.05, 0) is 12.1 Å². The number of amides is 1. The molecule has 3 aromatic heterocycles. The Bertz CT molecular complexity index is 871. The van der Waals surface area contributed by atoms with Crippen molar-refractivity contribution in [3.05, 3.63) is 53.3 Å². The van der Waals surface area contributed by atoms with Gasteiger partial charge < -0.3 is 15.2 Å². The van der Waals surface area contributed by atoms with Crippen LogP contribution >= 0.6 is 23.7 Å². The second kappa shape index (κ2) is 9.07. The van der Waals surface area contributed by atoms with E-state index in [0.29, 0.717) is 18.7 Å². The van der Waals surface area contributed by atoms with Gasteiger partial charge in [-0.25, -0.2) is 9.97 Å². The molecule has 7 nitrogen and oxygen atoms in total. The minimum absolute atomic E-state index is 0. The predicted octanol–water partition coefficient (Wildman–Crippen LogP) is 1.94. The number of nitrogens with zero attached hydrogens (tertiary/aromatic N) is 4. The lowest BCUT2D eigenvalue weighted by Crippen LogP contribution is -2.26. The largest absolute Gasteiger partial charge is 0.350 e. The first-order valence-electron chi connectivity index (χ1n) is 8.69. The van der Waals surface area contributed by atoms with Gasteiger partial charge in [0.25, 0.3) is 5.91 Å². The van der Waals surface area contributed by atoms with Crippen molar-refractivity contribution < 1.29 is 4.79 Å². The summed E-state index contributed by atoms with van der Waals surface area (Å²) in [7, 11) is 0. The van der Waals surface area contributed by atoms with E-state index in [1.807, 2.05) is 29.9 Å². The Morgan fingerprint density at radius 2 is 2.26 bits per heavy atom. The van der Waals surface area contributed by atoms with Gasteiger partial charge in [0.2, 0.25) is 0 Å². The highest BCUT2D eigenvalue weighted by Crippen LogP contribution is 2.22. The van der Waals surface area contributed by atoms with Crippen LogP contribution in [0.4, 0.5) is 0 Å². The van der Waals surface area contributed by atoms with Gasteiger partial charge >= 0.3 is 0 Å². The maximum absolute atomic E-state index is 12.3. The van der Waals surface area contributed by atoms with Crippen LogP contribution in [0.25, 0.3) is 10.6 Å². The Kier molecular flexibility index (Phi) is 6.54. The van der Waals surface area contributed by atoms with Crippen LogP contribution in [0.1, 0.15) is 22.0 Å². The molecule has 2 N–H and O–H groups in total. The highest BCUT2D eigenvalue weighted by molar-refractivity contribution is 7.13. The van der Waals surface area contributed by atoms with Crippen molar-refractivity contribution in [2.24, 2.45) is 0 Å². The number of fused-ring (bicyclic) bond motifs is 1. The number of hydrogen-bond donors (Lipinski definition) is 2. The molecule has 1 aliphatic heterocycles. The number of thiazole rings is 1. The lowest BCUT2D eigenvalue weighted by Gasteiger charge is -2.02. The molecular weight excluding hydrogens is 384 g/mol. The van der Waals surface area contributed by atoms with E-state index in [1.165, 1.54) is 0 Å². The highest BCUT2D eigenvalue weighted by atomic mass is 35.5. The number of carbonyl (C=O) groups is 1. The summed E-state index contributed by atoms with van der Waals surface area (Å²) in [6.45, 7) is 3.21. The zero-order valence-electron chi connectivity index (χ0n) is 14.7. The molecule has 9 heteroatoms. The van der Waals surface area contributed by atoms with Gasteiger partial charge in [-0.3, -0.25) is 9.78 Å². The third-order valence-electron chi connectivity index (χ3n) is 4.27. The minimum atomic E-state index is -0.124. The van der Waals surface area contributed by atoms with Crippen LogP contribution < -0.4 is 10.6 Å². The highest BCUT2D eigenvalue weighted by Gasteiger charge is 2.15. The average Bonchev–Trinajstić information content (AvgIpc) is 3.25. The van der Waals surface area contributed by atoms with E-state index in [1.54, 1.807) is 17.5 Å². The molecule has 0 fully saturated rings. The van der Waals surface area contributed by atoms with Crippen molar-refractivity contribution in [2.75, 3.05) is 19.6 Å². The third-order valence-corrected chi connectivity index (χ3v) is 5.21. The molecule has 142 valence electrons. The number of aromatic nitrogens is 4. The molecule has 4 heterocycles. The monoisotopic (exact) mass is 404 g/mol. The van der Waals surface area contributed by atoms with E-state index >= 15 is 0 Å². The molecule has 0 spiro atoms. The fourth-order valence-corrected chi connectivity index (χ4v) is 3.76. The summed E-state index contributed by atoms with van der Waals surface area (Å²) in [5.74, 6) is 0.849. The van der Waals surface area contributed by atoms with Crippen LogP contribution in [0, 0.1) is 0 Å². The molecule has 0 saturated carbocycles. The van der Waals surface area contributed by atoms with Gasteiger partial charge in [0.1, 0.15) is 16.5 Å². The van der Waals surface area contributed by atoms with Crippen molar-refractivity contribution in [3.8, 4) is 10.6 Å². The van der Waals surface area contributed by atoms with Gasteiger partial charge in [0, 0.05) is 68.6 Å². The second-order valence-electron chi connectivity index (χ2n) is 6.13. The molecule has 0 radical (unpaired) electrons. The molecular formula is C18H21ClN6OS. The summed E-state index contributed by atoms with van der Waals surface area (Å²) in [6, 6.07) is 3.90. The summed E-state index contributed by atoms with van der Waals surface area (Å²) in [6.07, 6.45) is 6.95. The number of imidazole rings is 1. The summed E-state index contributed by atoms with van der Waals surface area (Å²) >= 11 is 1.59. The molecule has 0 bridgehead atoms. The Morgan fingerprint density at radius 3 is 3.11 bits per heavy atom. The zero-order chi connectivity index (χ0) is 17.8. The van der Waals surface area contributed by atoms with Gasteiger partial charge in [0.05, 0.1) is 5.69 Å². The number of pyridine rings is 1. The average molecular weight is 405 g/mol. The second-order valence-corrected chi connectivity index (χ2v) is 6.99. The minimum Gasteiger partial charge on any atom is -0.350 e. The summed E-state index contributed by atoms with van der Waals surface area (Å²) < 4.78 is 2.06. The standard InChI is InChI=1S/C18H20N6OS.ClH/c25-17(15-11-24-9-8-19-6-4-16(24)23-15)21-7-3-14-12-26-18(22-14)13-2-1-5-20-10-13;/h1-2,5,10-12,19H,3-4,6-9H2,(H,21,25);1H. The maximum atomic E-state index is 12.3. The first-order chi connectivity index (χ1) is 12.8. The van der Waals surface area contributed by atoms with Crippen molar-refractivity contribution in [3.63, 3.8) is 0 Å². The lowest BCUT2D eigenvalue weighted by atomic mass is 10.3. The van der Waals surface area contributed by atoms with Crippen LogP contribution in [-0.2, 0) is 19.4 Å². The Labute approximate surface area is 167 Å². The van der Waals surface area contributed by atoms with Crippen LogP contribution in [0.5, 0.6) is 0 Å². The third kappa shape index (κ3) is 4.71. The van der Waals surface area contributed by atoms with E-state index in [-0.39, 0.29) is 18.3 Å². The van der Waals surface area contributed by atoms with Crippen molar-refractivity contribution in [1.29, 1.82) is 0 Å². The Balaban J connectivity index is 0.00000210. The van der Waals surface area contributed by atoms with E-state index in [9.17, 15) is 4.79 Å². The van der Waals surface area contributed by atoms with Crippen LogP contribution in [0.15, 0.2) is 36.1 Å². The first kappa shape index (κ1) is 19.5. The van der Waals surface area contributed by atoms with Gasteiger partial charge in [0.15, 0.2) is 0 Å². The van der Waals surface area contributed by atoms with Crippen LogP contribution in [0.2, 0.25) is 0 Å². The SMILES string of the molecule is Cl.O=C(NCCc1csc(-c2cccnc2)n1)c1cn2c(n1)CCNCC2.